The van der Waals surface area contributed by atoms with Gasteiger partial charge in [-0.3, -0.25) is 4.79 Å². The lowest BCUT2D eigenvalue weighted by atomic mass is 10.1. The summed E-state index contributed by atoms with van der Waals surface area (Å²) in [7, 11) is -3.70. The van der Waals surface area contributed by atoms with Gasteiger partial charge in [-0.15, -0.1) is 0 Å². The van der Waals surface area contributed by atoms with E-state index in [0.717, 1.165) is 5.56 Å². The average Bonchev–Trinajstić information content (AvgIpc) is 3.10. The van der Waals surface area contributed by atoms with Crippen LogP contribution in [0.15, 0.2) is 34.1 Å². The fourth-order valence-corrected chi connectivity index (χ4v) is 4.83. The lowest BCUT2D eigenvalue weighted by Gasteiger charge is -2.26. The Kier molecular flexibility index (Phi) is 5.15. The molecule has 0 bridgehead atoms. The Bertz CT molecular complexity index is 1210. The first kappa shape index (κ1) is 19.6. The van der Waals surface area contributed by atoms with E-state index < -0.39 is 10.0 Å². The van der Waals surface area contributed by atoms with Crippen LogP contribution in [0.1, 0.15) is 12.5 Å². The van der Waals surface area contributed by atoms with Gasteiger partial charge >= 0.3 is 0 Å². The fourth-order valence-electron chi connectivity index (χ4n) is 3.39. The normalized spacial score (nSPS) is 15.7. The third kappa shape index (κ3) is 3.54. The molecule has 3 aromatic rings. The van der Waals surface area contributed by atoms with Crippen molar-refractivity contribution in [3.63, 3.8) is 0 Å². The van der Waals surface area contributed by atoms with Crippen LogP contribution in [0.2, 0.25) is 0 Å². The van der Waals surface area contributed by atoms with E-state index in [1.165, 1.54) is 16.4 Å². The number of ether oxygens (including phenoxy) is 2. The van der Waals surface area contributed by atoms with Crippen molar-refractivity contribution >= 4 is 21.1 Å². The van der Waals surface area contributed by atoms with Crippen LogP contribution in [0, 0.1) is 6.92 Å². The number of H-pyrrole nitrogens is 2. The number of morpholine rings is 1. The Labute approximate surface area is 167 Å². The van der Waals surface area contributed by atoms with Crippen LogP contribution in [0.5, 0.6) is 5.75 Å². The van der Waals surface area contributed by atoms with Crippen LogP contribution in [-0.2, 0) is 14.8 Å². The second-order valence-electron chi connectivity index (χ2n) is 6.72. The van der Waals surface area contributed by atoms with E-state index in [2.05, 4.69) is 15.0 Å². The largest absolute Gasteiger partial charge is 0.493 e. The van der Waals surface area contributed by atoms with Gasteiger partial charge in [0.05, 0.1) is 35.7 Å². The molecule has 3 heterocycles. The number of sulfonamides is 1. The van der Waals surface area contributed by atoms with Gasteiger partial charge in [-0.05, 0) is 37.6 Å². The number of rotatable bonds is 5. The van der Waals surface area contributed by atoms with Crippen molar-refractivity contribution in [3.8, 4) is 17.1 Å². The highest BCUT2D eigenvalue weighted by Crippen LogP contribution is 2.32. The minimum absolute atomic E-state index is 0.114. The molecule has 0 atom stereocenters. The highest BCUT2D eigenvalue weighted by molar-refractivity contribution is 7.89. The molecule has 1 aliphatic heterocycles. The topological polar surface area (TPSA) is 117 Å². The van der Waals surface area contributed by atoms with Crippen molar-refractivity contribution in [1.82, 2.24) is 19.3 Å². The van der Waals surface area contributed by atoms with Crippen molar-refractivity contribution < 1.29 is 17.9 Å². The summed E-state index contributed by atoms with van der Waals surface area (Å²) < 4.78 is 38.4. The highest BCUT2D eigenvalue weighted by atomic mass is 32.2. The molecule has 10 heteroatoms. The number of nitrogens with one attached hydrogen (secondary N) is 2. The van der Waals surface area contributed by atoms with Crippen molar-refractivity contribution in [3.05, 3.63) is 40.3 Å². The third-order valence-electron chi connectivity index (χ3n) is 4.85. The van der Waals surface area contributed by atoms with Crippen molar-refractivity contribution in [2.45, 2.75) is 18.7 Å². The van der Waals surface area contributed by atoms with Gasteiger partial charge in [-0.25, -0.2) is 13.4 Å². The molecular formula is C19H22N4O5S. The molecule has 1 aliphatic rings. The lowest BCUT2D eigenvalue weighted by Crippen LogP contribution is -2.40. The van der Waals surface area contributed by atoms with E-state index in [0.29, 0.717) is 55.3 Å². The van der Waals surface area contributed by atoms with Crippen LogP contribution < -0.4 is 10.3 Å². The third-order valence-corrected chi connectivity index (χ3v) is 6.75. The molecule has 0 unspecified atom stereocenters. The molecule has 1 fully saturated rings. The minimum Gasteiger partial charge on any atom is -0.493 e. The van der Waals surface area contributed by atoms with E-state index in [4.69, 9.17) is 9.47 Å². The number of hydrogen-bond acceptors (Lipinski definition) is 6. The average molecular weight is 418 g/mol. The molecular weight excluding hydrogens is 396 g/mol. The summed E-state index contributed by atoms with van der Waals surface area (Å²) >= 11 is 0. The van der Waals surface area contributed by atoms with Gasteiger partial charge in [0, 0.05) is 19.3 Å². The van der Waals surface area contributed by atoms with E-state index in [1.54, 1.807) is 12.3 Å². The molecule has 0 amide bonds. The summed E-state index contributed by atoms with van der Waals surface area (Å²) in [6.07, 6.45) is 1.71. The molecule has 0 aliphatic carbocycles. The Morgan fingerprint density at radius 2 is 2.03 bits per heavy atom. The van der Waals surface area contributed by atoms with Gasteiger partial charge in [-0.2, -0.15) is 4.31 Å². The SMILES string of the molecule is CCOc1ccc(S(=O)(=O)N2CCOCC2)cc1-c1nc2[nH]cc(C)c2c(=O)[nH]1. The quantitative estimate of drug-likeness (QED) is 0.651. The zero-order valence-electron chi connectivity index (χ0n) is 16.2. The second kappa shape index (κ2) is 7.62. The second-order valence-corrected chi connectivity index (χ2v) is 8.66. The Morgan fingerprint density at radius 3 is 2.76 bits per heavy atom. The number of nitrogens with zero attached hydrogens (tertiary/aromatic N) is 2. The maximum Gasteiger partial charge on any atom is 0.260 e. The predicted molar refractivity (Wildman–Crippen MR) is 108 cm³/mol. The monoisotopic (exact) mass is 418 g/mol. The number of fused-ring (bicyclic) bond motifs is 1. The molecule has 9 nitrogen and oxygen atoms in total. The zero-order chi connectivity index (χ0) is 20.6. The minimum atomic E-state index is -3.70. The number of aromatic amines is 2. The number of aromatic nitrogens is 3. The Hall–Kier alpha value is -2.69. The Balaban J connectivity index is 1.85. The summed E-state index contributed by atoms with van der Waals surface area (Å²) in [5, 5.41) is 0.476. The summed E-state index contributed by atoms with van der Waals surface area (Å²) in [6, 6.07) is 4.60. The van der Waals surface area contributed by atoms with E-state index in [-0.39, 0.29) is 16.3 Å². The highest BCUT2D eigenvalue weighted by Gasteiger charge is 2.27. The van der Waals surface area contributed by atoms with Crippen molar-refractivity contribution in [1.29, 1.82) is 0 Å². The smallest absolute Gasteiger partial charge is 0.260 e. The first-order valence-electron chi connectivity index (χ1n) is 9.35. The van der Waals surface area contributed by atoms with E-state index in [9.17, 15) is 13.2 Å². The van der Waals surface area contributed by atoms with Crippen LogP contribution in [0.4, 0.5) is 0 Å². The molecule has 2 aromatic heterocycles. The molecule has 1 aromatic carbocycles. The summed E-state index contributed by atoms with van der Waals surface area (Å²) in [6.45, 7) is 5.35. The Morgan fingerprint density at radius 1 is 1.28 bits per heavy atom. The van der Waals surface area contributed by atoms with Crippen LogP contribution in [0.25, 0.3) is 22.4 Å². The molecule has 2 N–H and O–H groups in total. The predicted octanol–water partition coefficient (Wildman–Crippen LogP) is 1.65. The first-order chi connectivity index (χ1) is 13.9. The molecule has 4 rings (SSSR count). The summed E-state index contributed by atoms with van der Waals surface area (Å²) in [4.78, 5) is 22.9. The zero-order valence-corrected chi connectivity index (χ0v) is 17.0. The summed E-state index contributed by atoms with van der Waals surface area (Å²) in [5.41, 5.74) is 1.33. The molecule has 154 valence electrons. The van der Waals surface area contributed by atoms with Gasteiger partial charge in [0.1, 0.15) is 17.2 Å². The maximum absolute atomic E-state index is 13.1. The summed E-state index contributed by atoms with van der Waals surface area (Å²) in [5.74, 6) is 0.686. The molecule has 29 heavy (non-hydrogen) atoms. The fraction of sp³-hybridized carbons (Fsp3) is 0.368. The van der Waals surface area contributed by atoms with E-state index in [1.807, 2.05) is 13.8 Å². The van der Waals surface area contributed by atoms with Gasteiger partial charge < -0.3 is 19.4 Å². The van der Waals surface area contributed by atoms with Crippen LogP contribution in [0.3, 0.4) is 0 Å². The van der Waals surface area contributed by atoms with Crippen molar-refractivity contribution in [2.75, 3.05) is 32.9 Å². The molecule has 0 radical (unpaired) electrons. The van der Waals surface area contributed by atoms with E-state index >= 15 is 0 Å². The molecule has 0 spiro atoms. The molecule has 0 saturated carbocycles. The van der Waals surface area contributed by atoms with Crippen LogP contribution >= 0.6 is 0 Å². The van der Waals surface area contributed by atoms with Gasteiger partial charge in [0.2, 0.25) is 10.0 Å². The van der Waals surface area contributed by atoms with Gasteiger partial charge in [-0.1, -0.05) is 0 Å². The first-order valence-corrected chi connectivity index (χ1v) is 10.8. The number of aryl methyl sites for hydroxylation is 1. The van der Waals surface area contributed by atoms with Gasteiger partial charge in [0.15, 0.2) is 0 Å². The lowest BCUT2D eigenvalue weighted by molar-refractivity contribution is 0.0730. The standard InChI is InChI=1S/C19H22N4O5S/c1-3-28-15-5-4-13(29(25,26)23-6-8-27-9-7-23)10-14(15)17-21-18-16(19(24)22-17)12(2)11-20-18/h4-5,10-11H,3,6-9H2,1-2H3,(H2,20,21,22,24). The molecule has 1 saturated heterocycles. The maximum atomic E-state index is 13.1. The van der Waals surface area contributed by atoms with Crippen molar-refractivity contribution in [2.24, 2.45) is 0 Å². The van der Waals surface area contributed by atoms with Gasteiger partial charge in [0.25, 0.3) is 5.56 Å². The van der Waals surface area contributed by atoms with Crippen LogP contribution in [-0.4, -0.2) is 60.6 Å². The number of benzene rings is 1. The number of hydrogen-bond donors (Lipinski definition) is 2.